The summed E-state index contributed by atoms with van der Waals surface area (Å²) in [5, 5.41) is 12.5. The molecule has 0 radical (unpaired) electrons. The Morgan fingerprint density at radius 2 is 2.04 bits per heavy atom. The van der Waals surface area contributed by atoms with E-state index in [0.29, 0.717) is 10.7 Å². The first kappa shape index (κ1) is 19.4. The van der Waals surface area contributed by atoms with Crippen LogP contribution < -0.4 is 5.32 Å². The molecule has 0 aliphatic rings. The van der Waals surface area contributed by atoms with Gasteiger partial charge >= 0.3 is 0 Å². The number of hydrogen-bond donors (Lipinski definition) is 1. The van der Waals surface area contributed by atoms with Gasteiger partial charge in [-0.15, -0.1) is 10.2 Å². The van der Waals surface area contributed by atoms with E-state index in [9.17, 15) is 4.79 Å². The van der Waals surface area contributed by atoms with Crippen molar-refractivity contribution in [3.8, 4) is 11.4 Å². The number of anilines is 1. The highest BCUT2D eigenvalue weighted by molar-refractivity contribution is 8.00. The average Bonchev–Trinajstić information content (AvgIpc) is 3.05. The fourth-order valence-electron chi connectivity index (χ4n) is 2.54. The van der Waals surface area contributed by atoms with Gasteiger partial charge < -0.3 is 9.88 Å². The van der Waals surface area contributed by atoms with Gasteiger partial charge in [-0.1, -0.05) is 36.4 Å². The van der Waals surface area contributed by atoms with Crippen molar-refractivity contribution >= 4 is 35.0 Å². The molecule has 1 amide bonds. The molecule has 1 atom stereocenters. The van der Waals surface area contributed by atoms with Crippen LogP contribution in [-0.4, -0.2) is 30.9 Å². The van der Waals surface area contributed by atoms with Crippen LogP contribution in [0, 0.1) is 0 Å². The quantitative estimate of drug-likeness (QED) is 0.589. The van der Waals surface area contributed by atoms with Gasteiger partial charge in [-0.2, -0.15) is 0 Å². The Hall–Kier alpha value is -2.38. The summed E-state index contributed by atoms with van der Waals surface area (Å²) >= 11 is 7.36. The Kier molecular flexibility index (Phi) is 6.47. The molecule has 140 valence electrons. The van der Waals surface area contributed by atoms with Gasteiger partial charge in [0.25, 0.3) is 0 Å². The van der Waals surface area contributed by atoms with Crippen molar-refractivity contribution in [2.75, 3.05) is 5.32 Å². The lowest BCUT2D eigenvalue weighted by molar-refractivity contribution is -0.115. The van der Waals surface area contributed by atoms with Gasteiger partial charge in [0, 0.05) is 35.2 Å². The number of carbonyl (C=O) groups excluding carboxylic acids is 1. The number of benzene rings is 1. The summed E-state index contributed by atoms with van der Waals surface area (Å²) in [5.41, 5.74) is 1.63. The minimum absolute atomic E-state index is 0.112. The lowest BCUT2D eigenvalue weighted by Gasteiger charge is -2.13. The Bertz CT molecular complexity index is 915. The third-order valence-corrected chi connectivity index (χ3v) is 5.16. The van der Waals surface area contributed by atoms with E-state index in [4.69, 9.17) is 11.6 Å². The number of thioether (sulfide) groups is 1. The van der Waals surface area contributed by atoms with E-state index in [1.807, 2.05) is 29.7 Å². The maximum Gasteiger partial charge on any atom is 0.237 e. The van der Waals surface area contributed by atoms with Crippen LogP contribution in [0.3, 0.4) is 0 Å². The van der Waals surface area contributed by atoms with Crippen LogP contribution in [0.2, 0.25) is 5.02 Å². The molecule has 2 heterocycles. The molecule has 0 saturated carbocycles. The van der Waals surface area contributed by atoms with E-state index >= 15 is 0 Å². The van der Waals surface area contributed by atoms with Gasteiger partial charge in [-0.3, -0.25) is 9.78 Å². The Morgan fingerprint density at radius 1 is 1.26 bits per heavy atom. The summed E-state index contributed by atoms with van der Waals surface area (Å²) in [4.78, 5) is 16.6. The van der Waals surface area contributed by atoms with Crippen molar-refractivity contribution in [1.82, 2.24) is 19.7 Å². The smallest absolute Gasteiger partial charge is 0.237 e. The molecule has 0 fully saturated rings. The van der Waals surface area contributed by atoms with Gasteiger partial charge in [0.15, 0.2) is 11.0 Å². The van der Waals surface area contributed by atoms with E-state index in [2.05, 4.69) is 27.4 Å². The van der Waals surface area contributed by atoms with Crippen LogP contribution in [0.4, 0.5) is 5.69 Å². The molecule has 1 N–H and O–H groups in total. The predicted octanol–water partition coefficient (Wildman–Crippen LogP) is 4.52. The third-order valence-electron chi connectivity index (χ3n) is 3.85. The number of aromatic nitrogens is 4. The molecular formula is C19H20ClN5OS. The third kappa shape index (κ3) is 4.87. The van der Waals surface area contributed by atoms with Crippen molar-refractivity contribution < 1.29 is 4.79 Å². The Morgan fingerprint density at radius 3 is 2.74 bits per heavy atom. The van der Waals surface area contributed by atoms with E-state index in [-0.39, 0.29) is 11.2 Å². The maximum atomic E-state index is 12.5. The van der Waals surface area contributed by atoms with E-state index in [0.717, 1.165) is 29.5 Å². The molecule has 0 saturated heterocycles. The Labute approximate surface area is 167 Å². The number of nitrogens with one attached hydrogen (secondary N) is 1. The first-order chi connectivity index (χ1) is 13.1. The van der Waals surface area contributed by atoms with Crippen LogP contribution in [-0.2, 0) is 11.3 Å². The molecule has 8 heteroatoms. The first-order valence-electron chi connectivity index (χ1n) is 8.65. The molecule has 6 nitrogen and oxygen atoms in total. The number of rotatable bonds is 7. The molecule has 0 aliphatic heterocycles. The maximum absolute atomic E-state index is 12.5. The number of hydrogen-bond acceptors (Lipinski definition) is 5. The van der Waals surface area contributed by atoms with Crippen molar-refractivity contribution in [3.05, 3.63) is 53.8 Å². The predicted molar refractivity (Wildman–Crippen MR) is 109 cm³/mol. The molecule has 0 bridgehead atoms. The normalized spacial score (nSPS) is 12.0. The van der Waals surface area contributed by atoms with Gasteiger partial charge in [0.05, 0.1) is 5.25 Å². The van der Waals surface area contributed by atoms with Gasteiger partial charge in [-0.05, 0) is 43.7 Å². The summed E-state index contributed by atoms with van der Waals surface area (Å²) in [5.74, 6) is 0.669. The molecule has 0 aliphatic carbocycles. The first-order valence-corrected chi connectivity index (χ1v) is 9.91. The largest absolute Gasteiger partial charge is 0.325 e. The lowest BCUT2D eigenvalue weighted by atomic mass is 10.2. The zero-order valence-electron chi connectivity index (χ0n) is 15.1. The molecular weight excluding hydrogens is 382 g/mol. The zero-order chi connectivity index (χ0) is 19.2. The van der Waals surface area contributed by atoms with Crippen molar-refractivity contribution in [3.63, 3.8) is 0 Å². The highest BCUT2D eigenvalue weighted by Gasteiger charge is 2.20. The van der Waals surface area contributed by atoms with Crippen molar-refractivity contribution in [1.29, 1.82) is 0 Å². The summed E-state index contributed by atoms with van der Waals surface area (Å²) in [7, 11) is 0. The highest BCUT2D eigenvalue weighted by Crippen LogP contribution is 2.27. The standard InChI is InChI=1S/C19H20ClN5OS/c1-3-11-25-17(14-7-9-21-10-8-14)23-24-19(25)27-13(2)18(26)22-16-6-4-5-15(20)12-16/h4-10,12-13H,3,11H2,1-2H3,(H,22,26). The number of pyridine rings is 1. The van der Waals surface area contributed by atoms with Crippen molar-refractivity contribution in [2.45, 2.75) is 37.2 Å². The summed E-state index contributed by atoms with van der Waals surface area (Å²) < 4.78 is 2.04. The highest BCUT2D eigenvalue weighted by atomic mass is 35.5. The monoisotopic (exact) mass is 401 g/mol. The molecule has 0 spiro atoms. The topological polar surface area (TPSA) is 72.7 Å². The number of carbonyl (C=O) groups is 1. The minimum atomic E-state index is -0.339. The van der Waals surface area contributed by atoms with Crippen LogP contribution >= 0.6 is 23.4 Å². The zero-order valence-corrected chi connectivity index (χ0v) is 16.7. The number of halogens is 1. The molecule has 3 rings (SSSR count). The second-order valence-electron chi connectivity index (χ2n) is 5.95. The van der Waals surface area contributed by atoms with Crippen LogP contribution in [0.15, 0.2) is 53.9 Å². The molecule has 27 heavy (non-hydrogen) atoms. The van der Waals surface area contributed by atoms with Crippen LogP contribution in [0.5, 0.6) is 0 Å². The molecule has 1 unspecified atom stereocenters. The van der Waals surface area contributed by atoms with Gasteiger partial charge in [0.2, 0.25) is 5.91 Å². The van der Waals surface area contributed by atoms with Gasteiger partial charge in [0.1, 0.15) is 0 Å². The second kappa shape index (κ2) is 9.01. The molecule has 3 aromatic rings. The fraction of sp³-hybridized carbons (Fsp3) is 0.263. The fourth-order valence-corrected chi connectivity index (χ4v) is 3.60. The van der Waals surface area contributed by atoms with E-state index in [1.165, 1.54) is 11.8 Å². The SMILES string of the molecule is CCCn1c(SC(C)C(=O)Nc2cccc(Cl)c2)nnc1-c1ccncc1. The Balaban J connectivity index is 1.76. The van der Waals surface area contributed by atoms with Crippen LogP contribution in [0.1, 0.15) is 20.3 Å². The average molecular weight is 402 g/mol. The number of nitrogens with zero attached hydrogens (tertiary/aromatic N) is 4. The molecule has 1 aromatic carbocycles. The molecule has 2 aromatic heterocycles. The second-order valence-corrected chi connectivity index (χ2v) is 7.70. The number of amides is 1. The van der Waals surface area contributed by atoms with Gasteiger partial charge in [-0.25, -0.2) is 0 Å². The summed E-state index contributed by atoms with van der Waals surface area (Å²) in [6.45, 7) is 4.72. The summed E-state index contributed by atoms with van der Waals surface area (Å²) in [6, 6.07) is 10.9. The van der Waals surface area contributed by atoms with E-state index in [1.54, 1.807) is 30.6 Å². The van der Waals surface area contributed by atoms with E-state index < -0.39 is 0 Å². The van der Waals surface area contributed by atoms with Crippen LogP contribution in [0.25, 0.3) is 11.4 Å². The summed E-state index contributed by atoms with van der Waals surface area (Å²) in [6.07, 6.45) is 4.40. The lowest BCUT2D eigenvalue weighted by Crippen LogP contribution is -2.23. The minimum Gasteiger partial charge on any atom is -0.325 e. The van der Waals surface area contributed by atoms with Crippen molar-refractivity contribution in [2.24, 2.45) is 0 Å².